The standard InChI is InChI=1S/C35H36N4O9.C2HF3O2/c1-21-28(38(34(44)47-21)31(41)26(36)18-23-12-6-3-7-13-23)30(40)37-27(19-24-14-8-4-9-15-24)32(42)39-29(22(2)48-35(39)45)33(43)46-20-25-16-10-5-11-17-25;3-2(4,5)1(6)7/h3-17,21-22,26-29H,18-20,36H2,1-2H3,(H,37,40);(H,6,7)/t21-,22-,26-,27-,28+,29+;/m0./s1. The van der Waals surface area contributed by atoms with E-state index in [1.165, 1.54) is 13.8 Å². The van der Waals surface area contributed by atoms with Gasteiger partial charge in [0.25, 0.3) is 5.91 Å². The second-order valence-electron chi connectivity index (χ2n) is 12.4. The summed E-state index contributed by atoms with van der Waals surface area (Å²) in [6, 6.07) is 20.9. The number of imide groups is 2. The summed E-state index contributed by atoms with van der Waals surface area (Å²) < 4.78 is 47.7. The lowest BCUT2D eigenvalue weighted by molar-refractivity contribution is -0.192. The molecular weight excluding hydrogens is 733 g/mol. The summed E-state index contributed by atoms with van der Waals surface area (Å²) in [4.78, 5) is 90.7. The van der Waals surface area contributed by atoms with Gasteiger partial charge >= 0.3 is 30.3 Å². The van der Waals surface area contributed by atoms with Crippen LogP contribution in [0.2, 0.25) is 0 Å². The topological polar surface area (TPSA) is 212 Å². The number of rotatable bonds is 11. The highest BCUT2D eigenvalue weighted by Gasteiger charge is 2.52. The molecule has 3 aromatic carbocycles. The molecule has 0 aliphatic carbocycles. The van der Waals surface area contributed by atoms with Crippen LogP contribution in [0.25, 0.3) is 0 Å². The quantitative estimate of drug-likeness (QED) is 0.190. The van der Waals surface area contributed by atoms with E-state index in [1.807, 2.05) is 6.07 Å². The monoisotopic (exact) mass is 770 g/mol. The van der Waals surface area contributed by atoms with Crippen LogP contribution in [0.4, 0.5) is 22.8 Å². The van der Waals surface area contributed by atoms with Crippen molar-refractivity contribution in [3.8, 4) is 0 Å². The molecule has 6 atom stereocenters. The van der Waals surface area contributed by atoms with Gasteiger partial charge < -0.3 is 30.4 Å². The minimum atomic E-state index is -5.08. The Bertz CT molecular complexity index is 1870. The molecule has 4 N–H and O–H groups in total. The second kappa shape index (κ2) is 18.2. The molecule has 0 spiro atoms. The van der Waals surface area contributed by atoms with Crippen molar-refractivity contribution < 1.29 is 66.1 Å². The van der Waals surface area contributed by atoms with Crippen LogP contribution in [0.15, 0.2) is 91.0 Å². The number of cyclic esters (lactones) is 2. The molecule has 18 heteroatoms. The number of nitrogens with two attached hydrogens (primary N) is 1. The fraction of sp³-hybridized carbons (Fsp3) is 0.324. The molecule has 0 radical (unpaired) electrons. The van der Waals surface area contributed by atoms with Crippen LogP contribution in [0.3, 0.4) is 0 Å². The number of nitrogens with one attached hydrogen (secondary N) is 1. The summed E-state index contributed by atoms with van der Waals surface area (Å²) in [5.41, 5.74) is 8.24. The van der Waals surface area contributed by atoms with Gasteiger partial charge in [0, 0.05) is 6.42 Å². The number of nitrogens with zero attached hydrogens (tertiary/aromatic N) is 2. The Morgan fingerprint density at radius 3 is 1.64 bits per heavy atom. The molecule has 0 unspecified atom stereocenters. The smallest absolute Gasteiger partial charge is 0.475 e. The number of benzene rings is 3. The minimum Gasteiger partial charge on any atom is -0.475 e. The van der Waals surface area contributed by atoms with Crippen molar-refractivity contribution in [2.24, 2.45) is 5.73 Å². The first-order valence-electron chi connectivity index (χ1n) is 16.7. The zero-order chi connectivity index (χ0) is 40.4. The summed E-state index contributed by atoms with van der Waals surface area (Å²) in [5, 5.41) is 9.73. The SMILES string of the molecule is C[C@@H]1OC(=O)N(C(=O)[C@H](Cc2ccccc2)NC(=O)[C@H]2[C@H](C)OC(=O)N2C(=O)[C@@H](N)Cc2ccccc2)[C@H]1C(=O)OCc1ccccc1.O=C(O)C(F)(F)F. The number of carboxylic acids is 1. The Kier molecular flexibility index (Phi) is 13.7. The number of carbonyl (C=O) groups excluding carboxylic acids is 6. The summed E-state index contributed by atoms with van der Waals surface area (Å²) in [6.45, 7) is 2.79. The van der Waals surface area contributed by atoms with E-state index in [0.29, 0.717) is 20.9 Å². The van der Waals surface area contributed by atoms with Crippen molar-refractivity contribution >= 4 is 41.8 Å². The maximum absolute atomic E-state index is 14.1. The van der Waals surface area contributed by atoms with Crippen LogP contribution in [-0.4, -0.2) is 99.3 Å². The van der Waals surface area contributed by atoms with E-state index in [4.69, 9.17) is 29.8 Å². The van der Waals surface area contributed by atoms with Gasteiger partial charge in [-0.2, -0.15) is 13.2 Å². The second-order valence-corrected chi connectivity index (χ2v) is 12.4. The van der Waals surface area contributed by atoms with Gasteiger partial charge in [-0.1, -0.05) is 91.0 Å². The Morgan fingerprint density at radius 2 is 1.16 bits per heavy atom. The first kappa shape index (κ1) is 41.5. The Morgan fingerprint density at radius 1 is 0.745 bits per heavy atom. The molecule has 2 heterocycles. The summed E-state index contributed by atoms with van der Waals surface area (Å²) in [7, 11) is 0. The Labute approximate surface area is 312 Å². The lowest BCUT2D eigenvalue weighted by Gasteiger charge is -2.28. The molecule has 0 aromatic heterocycles. The fourth-order valence-electron chi connectivity index (χ4n) is 5.71. The van der Waals surface area contributed by atoms with Crippen LogP contribution >= 0.6 is 0 Å². The molecule has 292 valence electrons. The van der Waals surface area contributed by atoms with Crippen molar-refractivity contribution in [2.75, 3.05) is 0 Å². The number of hydrogen-bond donors (Lipinski definition) is 3. The largest absolute Gasteiger partial charge is 0.490 e. The van der Waals surface area contributed by atoms with Gasteiger partial charge in [0.1, 0.15) is 24.9 Å². The Hall–Kier alpha value is -6.30. The first-order valence-corrected chi connectivity index (χ1v) is 16.7. The highest BCUT2D eigenvalue weighted by molar-refractivity contribution is 6.05. The third-order valence-corrected chi connectivity index (χ3v) is 8.38. The number of amides is 5. The van der Waals surface area contributed by atoms with Gasteiger partial charge in [0.05, 0.1) is 6.04 Å². The summed E-state index contributed by atoms with van der Waals surface area (Å²) in [5.74, 6) is -6.31. The van der Waals surface area contributed by atoms with Crippen LogP contribution in [0, 0.1) is 0 Å². The van der Waals surface area contributed by atoms with Crippen molar-refractivity contribution in [2.45, 2.75) is 75.8 Å². The average molecular weight is 771 g/mol. The van der Waals surface area contributed by atoms with Gasteiger partial charge in [0.15, 0.2) is 12.1 Å². The van der Waals surface area contributed by atoms with E-state index >= 15 is 0 Å². The van der Waals surface area contributed by atoms with E-state index in [9.17, 15) is 41.9 Å². The summed E-state index contributed by atoms with van der Waals surface area (Å²) in [6.07, 6.45) is -9.36. The highest BCUT2D eigenvalue weighted by atomic mass is 19.4. The van der Waals surface area contributed by atoms with Crippen LogP contribution in [-0.2, 0) is 57.6 Å². The molecule has 2 aliphatic rings. The van der Waals surface area contributed by atoms with Crippen molar-refractivity contribution in [3.05, 3.63) is 108 Å². The van der Waals surface area contributed by atoms with Crippen molar-refractivity contribution in [3.63, 3.8) is 0 Å². The number of halogens is 3. The predicted molar refractivity (Wildman–Crippen MR) is 183 cm³/mol. The van der Waals surface area contributed by atoms with Gasteiger partial charge in [0.2, 0.25) is 11.8 Å². The molecule has 3 aromatic rings. The molecular formula is C37H37F3N4O11. The minimum absolute atomic E-state index is 0.0955. The number of alkyl halides is 3. The summed E-state index contributed by atoms with van der Waals surface area (Å²) >= 11 is 0. The third kappa shape index (κ3) is 10.7. The van der Waals surface area contributed by atoms with Gasteiger partial charge in [-0.05, 0) is 37.0 Å². The van der Waals surface area contributed by atoms with E-state index in [1.54, 1.807) is 84.9 Å². The fourth-order valence-corrected chi connectivity index (χ4v) is 5.71. The molecule has 55 heavy (non-hydrogen) atoms. The van der Waals surface area contributed by atoms with Crippen molar-refractivity contribution in [1.29, 1.82) is 0 Å². The van der Waals surface area contributed by atoms with E-state index < -0.39 is 84.4 Å². The van der Waals surface area contributed by atoms with Gasteiger partial charge in [-0.15, -0.1) is 0 Å². The van der Waals surface area contributed by atoms with Gasteiger partial charge in [-0.3, -0.25) is 14.4 Å². The molecule has 0 bridgehead atoms. The lowest BCUT2D eigenvalue weighted by atomic mass is 10.0. The number of aliphatic carboxylic acids is 1. The Balaban J connectivity index is 0.000000876. The molecule has 2 saturated heterocycles. The van der Waals surface area contributed by atoms with Crippen molar-refractivity contribution in [1.82, 2.24) is 15.1 Å². The third-order valence-electron chi connectivity index (χ3n) is 8.38. The number of carbonyl (C=O) groups is 7. The van der Waals surface area contributed by atoms with E-state index in [0.717, 1.165) is 5.56 Å². The first-order chi connectivity index (χ1) is 26.0. The van der Waals surface area contributed by atoms with Crippen LogP contribution < -0.4 is 11.1 Å². The number of esters is 1. The zero-order valence-electron chi connectivity index (χ0n) is 29.4. The molecule has 2 aliphatic heterocycles. The molecule has 15 nitrogen and oxygen atoms in total. The zero-order valence-corrected chi connectivity index (χ0v) is 29.4. The average Bonchev–Trinajstić information content (AvgIpc) is 3.62. The van der Waals surface area contributed by atoms with E-state index in [2.05, 4.69) is 5.32 Å². The normalized spacial score (nSPS) is 20.3. The van der Waals surface area contributed by atoms with Crippen LogP contribution in [0.1, 0.15) is 30.5 Å². The van der Waals surface area contributed by atoms with Crippen LogP contribution in [0.5, 0.6) is 0 Å². The van der Waals surface area contributed by atoms with Gasteiger partial charge in [-0.25, -0.2) is 29.0 Å². The molecule has 0 saturated carbocycles. The molecule has 5 amide bonds. The maximum atomic E-state index is 14.1. The number of ether oxygens (including phenoxy) is 3. The van der Waals surface area contributed by atoms with E-state index in [-0.39, 0.29) is 19.4 Å². The maximum Gasteiger partial charge on any atom is 0.490 e. The highest BCUT2D eigenvalue weighted by Crippen LogP contribution is 2.25. The molecule has 5 rings (SSSR count). The molecule has 2 fully saturated rings. The number of carboxylic acid groups (broad SMARTS) is 1. The lowest BCUT2D eigenvalue weighted by Crippen LogP contribution is -2.60. The number of hydrogen-bond acceptors (Lipinski definition) is 11. The predicted octanol–water partition coefficient (Wildman–Crippen LogP) is 3.13.